The van der Waals surface area contributed by atoms with Crippen LogP contribution in [0.2, 0.25) is 0 Å². The van der Waals surface area contributed by atoms with E-state index in [0.717, 1.165) is 25.3 Å². The number of hydrogen-bond donors (Lipinski definition) is 1. The number of aromatic nitrogens is 4. The fourth-order valence-corrected chi connectivity index (χ4v) is 3.25. The molecule has 2 atom stereocenters. The standard InChI is InChI=1S/C16H24N6O/c1-20(12-15(23)13-21-9-4-8-18-21)11-14-5-3-10-22(14)16-6-2-7-17-19-16/h2,4,6-9,14-15,23H,3,5,10-13H2,1H3. The van der Waals surface area contributed by atoms with Gasteiger partial charge < -0.3 is 14.9 Å². The lowest BCUT2D eigenvalue weighted by Gasteiger charge is -2.30. The fraction of sp³-hybridized carbons (Fsp3) is 0.562. The molecule has 2 aromatic rings. The van der Waals surface area contributed by atoms with Crippen LogP contribution < -0.4 is 4.90 Å². The number of nitrogens with zero attached hydrogens (tertiary/aromatic N) is 6. The summed E-state index contributed by atoms with van der Waals surface area (Å²) in [7, 11) is 2.06. The molecule has 7 nitrogen and oxygen atoms in total. The van der Waals surface area contributed by atoms with E-state index in [1.54, 1.807) is 17.1 Å². The largest absolute Gasteiger partial charge is 0.390 e. The number of likely N-dealkylation sites (N-methyl/N-ethyl adjacent to an activating group) is 1. The van der Waals surface area contributed by atoms with Crippen molar-refractivity contribution in [1.29, 1.82) is 0 Å². The van der Waals surface area contributed by atoms with E-state index in [0.29, 0.717) is 19.1 Å². The van der Waals surface area contributed by atoms with Crippen LogP contribution in [-0.2, 0) is 6.54 Å². The molecule has 124 valence electrons. The van der Waals surface area contributed by atoms with Gasteiger partial charge in [-0.3, -0.25) is 4.68 Å². The Kier molecular flexibility index (Phi) is 5.19. The summed E-state index contributed by atoms with van der Waals surface area (Å²) in [5, 5.41) is 22.5. The van der Waals surface area contributed by atoms with Crippen molar-refractivity contribution in [3.8, 4) is 0 Å². The summed E-state index contributed by atoms with van der Waals surface area (Å²) in [5.74, 6) is 0.945. The predicted molar refractivity (Wildman–Crippen MR) is 88.1 cm³/mol. The van der Waals surface area contributed by atoms with Gasteiger partial charge in [0.25, 0.3) is 0 Å². The van der Waals surface area contributed by atoms with Crippen LogP contribution in [0.1, 0.15) is 12.8 Å². The molecule has 0 amide bonds. The SMILES string of the molecule is CN(CC(O)Cn1cccn1)CC1CCCN1c1cccnn1. The Morgan fingerprint density at radius 2 is 2.30 bits per heavy atom. The minimum Gasteiger partial charge on any atom is -0.390 e. The van der Waals surface area contributed by atoms with Crippen LogP contribution in [0, 0.1) is 0 Å². The van der Waals surface area contributed by atoms with Crippen molar-refractivity contribution in [1.82, 2.24) is 24.9 Å². The monoisotopic (exact) mass is 316 g/mol. The predicted octanol–water partition coefficient (Wildman–Crippen LogP) is 0.635. The van der Waals surface area contributed by atoms with Gasteiger partial charge in [-0.15, -0.1) is 5.10 Å². The van der Waals surface area contributed by atoms with Crippen molar-refractivity contribution in [3.05, 3.63) is 36.8 Å². The molecule has 0 saturated carbocycles. The first-order valence-corrected chi connectivity index (χ1v) is 8.11. The Labute approximate surface area is 136 Å². The highest BCUT2D eigenvalue weighted by atomic mass is 16.3. The lowest BCUT2D eigenvalue weighted by Crippen LogP contribution is -2.42. The molecule has 1 fully saturated rings. The first kappa shape index (κ1) is 15.9. The topological polar surface area (TPSA) is 70.3 Å². The molecule has 1 N–H and O–H groups in total. The molecule has 2 unspecified atom stereocenters. The molecule has 1 saturated heterocycles. The smallest absolute Gasteiger partial charge is 0.151 e. The van der Waals surface area contributed by atoms with Crippen LogP contribution in [0.5, 0.6) is 0 Å². The number of aliphatic hydroxyl groups excluding tert-OH is 1. The third-order valence-electron chi connectivity index (χ3n) is 4.23. The highest BCUT2D eigenvalue weighted by Gasteiger charge is 2.27. The molecule has 3 heterocycles. The Balaban J connectivity index is 1.51. The zero-order chi connectivity index (χ0) is 16.1. The molecule has 3 rings (SSSR count). The van der Waals surface area contributed by atoms with Crippen LogP contribution in [0.4, 0.5) is 5.82 Å². The summed E-state index contributed by atoms with van der Waals surface area (Å²) in [6.45, 7) is 3.08. The summed E-state index contributed by atoms with van der Waals surface area (Å²) in [6, 6.07) is 6.23. The second-order valence-corrected chi connectivity index (χ2v) is 6.17. The van der Waals surface area contributed by atoms with E-state index in [9.17, 15) is 5.11 Å². The molecule has 23 heavy (non-hydrogen) atoms. The van der Waals surface area contributed by atoms with Gasteiger partial charge in [-0.1, -0.05) is 0 Å². The molecule has 1 aliphatic heterocycles. The van der Waals surface area contributed by atoms with E-state index >= 15 is 0 Å². The lowest BCUT2D eigenvalue weighted by atomic mass is 10.2. The van der Waals surface area contributed by atoms with Gasteiger partial charge in [-0.2, -0.15) is 10.2 Å². The molecule has 2 aromatic heterocycles. The molecule has 0 spiro atoms. The number of rotatable bonds is 7. The zero-order valence-electron chi connectivity index (χ0n) is 13.5. The minimum absolute atomic E-state index is 0.425. The van der Waals surface area contributed by atoms with Crippen molar-refractivity contribution in [3.63, 3.8) is 0 Å². The molecule has 0 radical (unpaired) electrons. The van der Waals surface area contributed by atoms with Crippen molar-refractivity contribution in [2.45, 2.75) is 31.5 Å². The van der Waals surface area contributed by atoms with Gasteiger partial charge in [0, 0.05) is 44.3 Å². The van der Waals surface area contributed by atoms with Gasteiger partial charge in [-0.25, -0.2) is 0 Å². The van der Waals surface area contributed by atoms with Crippen LogP contribution in [-0.4, -0.2) is 68.8 Å². The second kappa shape index (κ2) is 7.52. The van der Waals surface area contributed by atoms with E-state index < -0.39 is 6.10 Å². The lowest BCUT2D eigenvalue weighted by molar-refractivity contribution is 0.104. The van der Waals surface area contributed by atoms with Crippen molar-refractivity contribution >= 4 is 5.82 Å². The van der Waals surface area contributed by atoms with Gasteiger partial charge in [0.1, 0.15) is 0 Å². The Morgan fingerprint density at radius 1 is 1.39 bits per heavy atom. The van der Waals surface area contributed by atoms with Gasteiger partial charge in [0.05, 0.1) is 12.6 Å². The van der Waals surface area contributed by atoms with Gasteiger partial charge in [-0.05, 0) is 38.1 Å². The zero-order valence-corrected chi connectivity index (χ0v) is 13.5. The highest BCUT2D eigenvalue weighted by molar-refractivity contribution is 5.39. The maximum atomic E-state index is 10.2. The summed E-state index contributed by atoms with van der Waals surface area (Å²) in [4.78, 5) is 4.51. The maximum absolute atomic E-state index is 10.2. The van der Waals surface area contributed by atoms with Crippen molar-refractivity contribution in [2.75, 3.05) is 31.6 Å². The molecular weight excluding hydrogens is 292 g/mol. The summed E-state index contributed by atoms with van der Waals surface area (Å²) in [6.07, 6.45) is 7.20. The Morgan fingerprint density at radius 3 is 3.04 bits per heavy atom. The van der Waals surface area contributed by atoms with Crippen LogP contribution in [0.3, 0.4) is 0 Å². The molecule has 0 aliphatic carbocycles. The van der Waals surface area contributed by atoms with Gasteiger partial charge in [0.15, 0.2) is 5.82 Å². The van der Waals surface area contributed by atoms with E-state index in [-0.39, 0.29) is 0 Å². The summed E-state index contributed by atoms with van der Waals surface area (Å²) in [5.41, 5.74) is 0. The number of anilines is 1. The first-order valence-electron chi connectivity index (χ1n) is 8.11. The number of hydrogen-bond acceptors (Lipinski definition) is 6. The van der Waals surface area contributed by atoms with Crippen LogP contribution in [0.15, 0.2) is 36.8 Å². The highest BCUT2D eigenvalue weighted by Crippen LogP contribution is 2.23. The molecule has 0 aromatic carbocycles. The van der Waals surface area contributed by atoms with E-state index in [2.05, 4.69) is 32.1 Å². The van der Waals surface area contributed by atoms with Gasteiger partial charge >= 0.3 is 0 Å². The summed E-state index contributed by atoms with van der Waals surface area (Å²) < 4.78 is 1.76. The van der Waals surface area contributed by atoms with Crippen molar-refractivity contribution < 1.29 is 5.11 Å². The Hall–Kier alpha value is -1.99. The third-order valence-corrected chi connectivity index (χ3v) is 4.23. The minimum atomic E-state index is -0.425. The summed E-state index contributed by atoms with van der Waals surface area (Å²) >= 11 is 0. The molecule has 1 aliphatic rings. The fourth-order valence-electron chi connectivity index (χ4n) is 3.25. The maximum Gasteiger partial charge on any atom is 0.151 e. The van der Waals surface area contributed by atoms with Gasteiger partial charge in [0.2, 0.25) is 0 Å². The first-order chi connectivity index (χ1) is 11.2. The van der Waals surface area contributed by atoms with Crippen LogP contribution >= 0.6 is 0 Å². The second-order valence-electron chi connectivity index (χ2n) is 6.17. The average molecular weight is 316 g/mol. The molecule has 0 bridgehead atoms. The average Bonchev–Trinajstić information content (AvgIpc) is 3.19. The normalized spacial score (nSPS) is 19.4. The Bertz CT molecular complexity index is 576. The van der Waals surface area contributed by atoms with E-state index in [1.165, 1.54) is 6.42 Å². The van der Waals surface area contributed by atoms with E-state index in [4.69, 9.17) is 0 Å². The number of aliphatic hydroxyl groups is 1. The quantitative estimate of drug-likeness (QED) is 0.808. The molecular formula is C16H24N6O. The van der Waals surface area contributed by atoms with Crippen LogP contribution in [0.25, 0.3) is 0 Å². The third kappa shape index (κ3) is 4.27. The molecule has 7 heteroatoms. The van der Waals surface area contributed by atoms with E-state index in [1.807, 2.05) is 24.4 Å². The van der Waals surface area contributed by atoms with Crippen molar-refractivity contribution in [2.24, 2.45) is 0 Å².